The molecule has 1 N–H and O–H groups in total. The number of rotatable bonds is 7. The van der Waals surface area contributed by atoms with Crippen LogP contribution in [0.1, 0.15) is 120 Å². The Balaban J connectivity index is 1.78. The molecule has 0 aromatic carbocycles. The van der Waals surface area contributed by atoms with Crippen molar-refractivity contribution < 1.29 is 29.0 Å². The molecule has 4 aliphatic rings. The van der Waals surface area contributed by atoms with Crippen molar-refractivity contribution >= 4 is 17.9 Å². The van der Waals surface area contributed by atoms with E-state index in [-0.39, 0.29) is 46.3 Å². The largest absolute Gasteiger partial charge is 0.481 e. The average molecular weight is 557 g/mol. The molecular formula is C34H52O6. The molecule has 6 nitrogen and oxygen atoms in total. The lowest BCUT2D eigenvalue weighted by Gasteiger charge is -2.62. The van der Waals surface area contributed by atoms with Crippen LogP contribution in [-0.4, -0.2) is 35.2 Å². The molecule has 0 radical (unpaired) electrons. The summed E-state index contributed by atoms with van der Waals surface area (Å²) in [4.78, 5) is 37.1. The number of carboxylic acid groups (broad SMARTS) is 1. The van der Waals surface area contributed by atoms with E-state index in [4.69, 9.17) is 9.47 Å². The summed E-state index contributed by atoms with van der Waals surface area (Å²) in [5.41, 5.74) is 3.27. The van der Waals surface area contributed by atoms with E-state index in [1.54, 1.807) is 0 Å². The van der Waals surface area contributed by atoms with Crippen LogP contribution in [0.3, 0.4) is 0 Å². The number of allylic oxidation sites excluding steroid dienone is 3. The van der Waals surface area contributed by atoms with Gasteiger partial charge in [-0.3, -0.25) is 14.4 Å². The summed E-state index contributed by atoms with van der Waals surface area (Å²) in [6.45, 7) is 18.6. The Labute approximate surface area is 241 Å². The molecule has 0 saturated heterocycles. The summed E-state index contributed by atoms with van der Waals surface area (Å²) < 4.78 is 12.0. The Morgan fingerprint density at radius 3 is 2.10 bits per heavy atom. The van der Waals surface area contributed by atoms with Gasteiger partial charge in [0.1, 0.15) is 12.2 Å². The first-order chi connectivity index (χ1) is 18.5. The van der Waals surface area contributed by atoms with Crippen molar-refractivity contribution in [2.45, 2.75) is 132 Å². The molecule has 4 aliphatic carbocycles. The van der Waals surface area contributed by atoms with Gasteiger partial charge in [0.15, 0.2) is 0 Å². The Morgan fingerprint density at radius 2 is 1.52 bits per heavy atom. The van der Waals surface area contributed by atoms with E-state index in [0.29, 0.717) is 18.8 Å². The molecule has 0 bridgehead atoms. The molecule has 0 spiro atoms. The molecule has 8 atom stereocenters. The number of carbonyl (C=O) groups is 3. The van der Waals surface area contributed by atoms with E-state index in [1.807, 2.05) is 13.8 Å². The molecule has 0 aromatic rings. The molecule has 224 valence electrons. The van der Waals surface area contributed by atoms with E-state index in [0.717, 1.165) is 44.9 Å². The van der Waals surface area contributed by atoms with Gasteiger partial charge < -0.3 is 14.6 Å². The molecule has 0 aromatic heterocycles. The minimum absolute atomic E-state index is 0.0213. The molecule has 0 aliphatic heterocycles. The summed E-state index contributed by atoms with van der Waals surface area (Å²) in [7, 11) is 0. The fraction of sp³-hybridized carbons (Fsp3) is 0.794. The van der Waals surface area contributed by atoms with Crippen molar-refractivity contribution in [1.29, 1.82) is 0 Å². The van der Waals surface area contributed by atoms with E-state index >= 15 is 0 Å². The fourth-order valence-electron chi connectivity index (χ4n) is 10.2. The number of carboxylic acids is 1. The zero-order valence-corrected chi connectivity index (χ0v) is 26.3. The summed E-state index contributed by atoms with van der Waals surface area (Å²) in [5.74, 6) is -1.41. The summed E-state index contributed by atoms with van der Waals surface area (Å²) in [6.07, 6.45) is 9.21. The van der Waals surface area contributed by atoms with Crippen LogP contribution < -0.4 is 0 Å². The quantitative estimate of drug-likeness (QED) is 0.256. The van der Waals surface area contributed by atoms with Crippen molar-refractivity contribution in [1.82, 2.24) is 0 Å². The average Bonchev–Trinajstić information content (AvgIpc) is 3.05. The van der Waals surface area contributed by atoms with Gasteiger partial charge in [0.25, 0.3) is 0 Å². The van der Waals surface area contributed by atoms with Gasteiger partial charge in [0.2, 0.25) is 0 Å². The lowest BCUT2D eigenvalue weighted by Crippen LogP contribution is -2.57. The lowest BCUT2D eigenvalue weighted by atomic mass is 9.43. The van der Waals surface area contributed by atoms with Crippen molar-refractivity contribution in [3.05, 3.63) is 22.8 Å². The van der Waals surface area contributed by atoms with Gasteiger partial charge in [0, 0.05) is 24.7 Å². The highest BCUT2D eigenvalue weighted by Crippen LogP contribution is 2.73. The molecular weight excluding hydrogens is 504 g/mol. The maximum absolute atomic E-state index is 12.7. The first-order valence-corrected chi connectivity index (χ1v) is 15.4. The number of esters is 2. The molecule has 4 rings (SSSR count). The molecule has 40 heavy (non-hydrogen) atoms. The standard InChI is InChI=1S/C34H52O6/c1-20(2)11-10-12-23(30(37)38)26-19-29(40-22(4)36)34(9)25-13-14-27-31(5,6)28(39-21(3)35)16-17-32(27,7)24(25)15-18-33(26,34)8/h11,23,26-29H,10,12-19H2,1-9H3,(H,37,38)/t23-,26-,27+,28+,29+,32-,33-,34-/m1/s1. The Bertz CT molecular complexity index is 1110. The minimum Gasteiger partial charge on any atom is -0.481 e. The number of fused-ring (bicyclic) bond motifs is 4. The first-order valence-electron chi connectivity index (χ1n) is 15.4. The normalized spacial score (nSPS) is 38.8. The van der Waals surface area contributed by atoms with Gasteiger partial charge in [-0.1, -0.05) is 57.4 Å². The van der Waals surface area contributed by atoms with Crippen LogP contribution in [0.5, 0.6) is 0 Å². The van der Waals surface area contributed by atoms with Crippen LogP contribution >= 0.6 is 0 Å². The van der Waals surface area contributed by atoms with E-state index < -0.39 is 17.3 Å². The minimum atomic E-state index is -0.736. The Morgan fingerprint density at radius 1 is 0.900 bits per heavy atom. The lowest BCUT2D eigenvalue weighted by molar-refractivity contribution is -0.168. The van der Waals surface area contributed by atoms with E-state index in [2.05, 4.69) is 40.7 Å². The third kappa shape index (κ3) is 4.75. The van der Waals surface area contributed by atoms with Crippen LogP contribution in [0.2, 0.25) is 0 Å². The third-order valence-corrected chi connectivity index (χ3v) is 12.2. The zero-order chi connectivity index (χ0) is 29.8. The van der Waals surface area contributed by atoms with Gasteiger partial charge in [-0.2, -0.15) is 0 Å². The Kier molecular flexibility index (Phi) is 8.19. The van der Waals surface area contributed by atoms with Crippen molar-refractivity contribution in [3.63, 3.8) is 0 Å². The van der Waals surface area contributed by atoms with Gasteiger partial charge in [-0.05, 0) is 94.3 Å². The molecule has 0 heterocycles. The second kappa shape index (κ2) is 10.6. The first kappa shape index (κ1) is 30.8. The highest BCUT2D eigenvalue weighted by atomic mass is 16.5. The van der Waals surface area contributed by atoms with Crippen LogP contribution in [0, 0.1) is 39.4 Å². The van der Waals surface area contributed by atoms with Crippen molar-refractivity contribution in [3.8, 4) is 0 Å². The van der Waals surface area contributed by atoms with Crippen LogP contribution in [0.4, 0.5) is 0 Å². The monoisotopic (exact) mass is 556 g/mol. The topological polar surface area (TPSA) is 89.9 Å². The van der Waals surface area contributed by atoms with Crippen LogP contribution in [0.15, 0.2) is 22.8 Å². The summed E-state index contributed by atoms with van der Waals surface area (Å²) in [6, 6.07) is 0. The second-order valence-electron chi connectivity index (χ2n) is 14.8. The molecule has 6 heteroatoms. The smallest absolute Gasteiger partial charge is 0.306 e. The van der Waals surface area contributed by atoms with Crippen molar-refractivity contribution in [2.24, 2.45) is 39.4 Å². The van der Waals surface area contributed by atoms with Crippen LogP contribution in [-0.2, 0) is 23.9 Å². The molecule has 0 amide bonds. The van der Waals surface area contributed by atoms with Crippen LogP contribution in [0.25, 0.3) is 0 Å². The number of carbonyl (C=O) groups excluding carboxylic acids is 2. The van der Waals surface area contributed by atoms with E-state index in [1.165, 1.54) is 30.6 Å². The number of aliphatic carboxylic acids is 1. The zero-order valence-electron chi connectivity index (χ0n) is 26.3. The summed E-state index contributed by atoms with van der Waals surface area (Å²) >= 11 is 0. The maximum Gasteiger partial charge on any atom is 0.306 e. The maximum atomic E-state index is 12.7. The van der Waals surface area contributed by atoms with Gasteiger partial charge in [-0.15, -0.1) is 0 Å². The third-order valence-electron chi connectivity index (χ3n) is 12.2. The van der Waals surface area contributed by atoms with Gasteiger partial charge in [-0.25, -0.2) is 0 Å². The highest BCUT2D eigenvalue weighted by molar-refractivity contribution is 5.71. The molecule has 2 saturated carbocycles. The summed E-state index contributed by atoms with van der Waals surface area (Å²) in [5, 5.41) is 10.5. The number of hydrogen-bond acceptors (Lipinski definition) is 5. The van der Waals surface area contributed by atoms with Gasteiger partial charge >= 0.3 is 17.9 Å². The van der Waals surface area contributed by atoms with Gasteiger partial charge in [0.05, 0.1) is 5.92 Å². The number of hydrogen-bond donors (Lipinski definition) is 1. The number of ether oxygens (including phenoxy) is 2. The second-order valence-corrected chi connectivity index (χ2v) is 14.8. The molecule has 0 unspecified atom stereocenters. The SMILES string of the molecule is CC(=O)O[C@H]1CC[C@]2(C)C3=C(CC[C@H]2C1(C)C)[C@]1(C)[C@@H](OC(C)=O)C[C@H]([C@@H](CCC=C(C)C)C(=O)O)[C@@]1(C)CC3. The Hall–Kier alpha value is -2.11. The van der Waals surface area contributed by atoms with E-state index in [9.17, 15) is 19.5 Å². The molecule has 2 fully saturated rings. The highest BCUT2D eigenvalue weighted by Gasteiger charge is 2.68. The van der Waals surface area contributed by atoms with Crippen molar-refractivity contribution in [2.75, 3.05) is 0 Å². The predicted octanol–water partition coefficient (Wildman–Crippen LogP) is 7.66. The predicted molar refractivity (Wildman–Crippen MR) is 155 cm³/mol. The fourth-order valence-corrected chi connectivity index (χ4v) is 10.2.